The highest BCUT2D eigenvalue weighted by molar-refractivity contribution is 5.37. The molecule has 0 aliphatic heterocycles. The second kappa shape index (κ2) is 6.18. The number of hydrogen-bond acceptors (Lipinski definition) is 4. The number of hydrazine groups is 1. The van der Waals surface area contributed by atoms with Crippen molar-refractivity contribution in [3.63, 3.8) is 0 Å². The van der Waals surface area contributed by atoms with Gasteiger partial charge in [0.05, 0.1) is 18.8 Å². The molecule has 1 aromatic carbocycles. The normalized spacial score (nSPS) is 13.4. The van der Waals surface area contributed by atoms with Crippen LogP contribution in [0.4, 0.5) is 0 Å². The average Bonchev–Trinajstić information content (AvgIpc) is 2.35. The topological polar surface area (TPSA) is 56.5 Å². The lowest BCUT2D eigenvalue weighted by Gasteiger charge is -2.33. The lowest BCUT2D eigenvalue weighted by atomic mass is 9.91. The van der Waals surface area contributed by atoms with E-state index in [9.17, 15) is 0 Å². The summed E-state index contributed by atoms with van der Waals surface area (Å²) in [7, 11) is 3.37. The van der Waals surface area contributed by atoms with Crippen molar-refractivity contribution >= 4 is 0 Å². The number of hydrogen-bond donors (Lipinski definition) is 2. The fraction of sp³-hybridized carbons (Fsp3) is 0.571. The Hall–Kier alpha value is -1.10. The molecule has 4 nitrogen and oxygen atoms in total. The molecule has 0 heterocycles. The largest absolute Gasteiger partial charge is 0.496 e. The van der Waals surface area contributed by atoms with Crippen LogP contribution in [-0.4, -0.2) is 25.9 Å². The van der Waals surface area contributed by atoms with Gasteiger partial charge in [0.1, 0.15) is 5.75 Å². The van der Waals surface area contributed by atoms with E-state index < -0.39 is 0 Å². The molecule has 0 aliphatic carbocycles. The van der Waals surface area contributed by atoms with Crippen molar-refractivity contribution in [3.8, 4) is 5.75 Å². The van der Waals surface area contributed by atoms with E-state index in [0.717, 1.165) is 17.7 Å². The highest BCUT2D eigenvalue weighted by Gasteiger charge is 2.29. The van der Waals surface area contributed by atoms with E-state index >= 15 is 0 Å². The molecular formula is C14H24N2O2. The van der Waals surface area contributed by atoms with Gasteiger partial charge in [-0.2, -0.15) is 0 Å². The smallest absolute Gasteiger partial charge is 0.122 e. The second-order valence-electron chi connectivity index (χ2n) is 5.05. The molecule has 0 bridgehead atoms. The van der Waals surface area contributed by atoms with Crippen molar-refractivity contribution in [3.05, 3.63) is 29.3 Å². The van der Waals surface area contributed by atoms with E-state index in [-0.39, 0.29) is 11.6 Å². The van der Waals surface area contributed by atoms with Crippen LogP contribution in [0.5, 0.6) is 5.75 Å². The highest BCUT2D eigenvalue weighted by atomic mass is 16.5. The Bertz CT molecular complexity index is 391. The molecule has 1 unspecified atom stereocenters. The average molecular weight is 252 g/mol. The first-order valence-electron chi connectivity index (χ1n) is 6.09. The second-order valence-corrected chi connectivity index (χ2v) is 5.05. The summed E-state index contributed by atoms with van der Waals surface area (Å²) in [4.78, 5) is 0. The number of aryl methyl sites for hydroxylation is 1. The van der Waals surface area contributed by atoms with Gasteiger partial charge in [-0.05, 0) is 38.8 Å². The van der Waals surface area contributed by atoms with Gasteiger partial charge in [-0.1, -0.05) is 17.7 Å². The molecule has 4 heteroatoms. The molecule has 0 saturated carbocycles. The first-order valence-corrected chi connectivity index (χ1v) is 6.09. The van der Waals surface area contributed by atoms with Gasteiger partial charge < -0.3 is 9.47 Å². The van der Waals surface area contributed by atoms with Crippen LogP contribution in [0.2, 0.25) is 0 Å². The van der Waals surface area contributed by atoms with Gasteiger partial charge in [0, 0.05) is 7.11 Å². The maximum Gasteiger partial charge on any atom is 0.122 e. The Labute approximate surface area is 109 Å². The van der Waals surface area contributed by atoms with Gasteiger partial charge in [0.25, 0.3) is 0 Å². The Kier molecular flexibility index (Phi) is 5.14. The zero-order valence-corrected chi connectivity index (χ0v) is 11.9. The molecule has 0 aromatic heterocycles. The van der Waals surface area contributed by atoms with Gasteiger partial charge >= 0.3 is 0 Å². The lowest BCUT2D eigenvalue weighted by molar-refractivity contribution is -0.0102. The molecule has 0 aliphatic rings. The molecular weight excluding hydrogens is 228 g/mol. The molecule has 3 N–H and O–H groups in total. The van der Waals surface area contributed by atoms with E-state index in [1.807, 2.05) is 26.0 Å². The number of methoxy groups -OCH3 is 2. The van der Waals surface area contributed by atoms with Crippen molar-refractivity contribution in [2.24, 2.45) is 5.84 Å². The first kappa shape index (κ1) is 15.0. The summed E-state index contributed by atoms with van der Waals surface area (Å²) < 4.78 is 10.9. The fourth-order valence-corrected chi connectivity index (χ4v) is 1.93. The molecule has 18 heavy (non-hydrogen) atoms. The zero-order chi connectivity index (χ0) is 13.8. The molecule has 0 fully saturated rings. The molecule has 0 radical (unpaired) electrons. The van der Waals surface area contributed by atoms with Crippen molar-refractivity contribution in [2.75, 3.05) is 14.2 Å². The van der Waals surface area contributed by atoms with Crippen LogP contribution in [0, 0.1) is 6.92 Å². The van der Waals surface area contributed by atoms with Crippen molar-refractivity contribution in [1.29, 1.82) is 0 Å². The third-order valence-corrected chi connectivity index (χ3v) is 3.43. The van der Waals surface area contributed by atoms with Gasteiger partial charge in [0.15, 0.2) is 0 Å². The van der Waals surface area contributed by atoms with Gasteiger partial charge in [0.2, 0.25) is 0 Å². The molecule has 0 saturated heterocycles. The van der Waals surface area contributed by atoms with E-state index in [0.29, 0.717) is 0 Å². The quantitative estimate of drug-likeness (QED) is 0.599. The highest BCUT2D eigenvalue weighted by Crippen LogP contribution is 2.24. The van der Waals surface area contributed by atoms with Crippen LogP contribution in [0.3, 0.4) is 0 Å². The van der Waals surface area contributed by atoms with E-state index in [4.69, 9.17) is 15.3 Å². The first-order chi connectivity index (χ1) is 8.44. The zero-order valence-electron chi connectivity index (χ0n) is 11.9. The summed E-state index contributed by atoms with van der Waals surface area (Å²) in [6, 6.07) is 6.15. The molecule has 0 amide bonds. The summed E-state index contributed by atoms with van der Waals surface area (Å²) in [6.45, 7) is 6.09. The molecule has 1 rings (SSSR count). The minimum atomic E-state index is -0.344. The van der Waals surface area contributed by atoms with Crippen LogP contribution in [-0.2, 0) is 11.2 Å². The number of benzene rings is 1. The Balaban J connectivity index is 2.97. The number of ether oxygens (including phenoxy) is 2. The SMILES string of the molecule is COc1ccc(C)cc1CC(NN)C(C)(C)OC. The van der Waals surface area contributed by atoms with Crippen LogP contribution in [0.25, 0.3) is 0 Å². The lowest BCUT2D eigenvalue weighted by Crippen LogP contribution is -2.52. The van der Waals surface area contributed by atoms with Crippen LogP contribution >= 0.6 is 0 Å². The van der Waals surface area contributed by atoms with Gasteiger partial charge in [-0.15, -0.1) is 0 Å². The Morgan fingerprint density at radius 2 is 2.00 bits per heavy atom. The minimum absolute atomic E-state index is 0.0122. The van der Waals surface area contributed by atoms with Crippen molar-refractivity contribution < 1.29 is 9.47 Å². The predicted molar refractivity (Wildman–Crippen MR) is 73.6 cm³/mol. The Morgan fingerprint density at radius 1 is 1.33 bits per heavy atom. The maximum absolute atomic E-state index is 5.64. The third kappa shape index (κ3) is 3.45. The van der Waals surface area contributed by atoms with Crippen LogP contribution in [0.15, 0.2) is 18.2 Å². The van der Waals surface area contributed by atoms with Crippen molar-refractivity contribution in [1.82, 2.24) is 5.43 Å². The van der Waals surface area contributed by atoms with E-state index in [1.54, 1.807) is 14.2 Å². The van der Waals surface area contributed by atoms with E-state index in [2.05, 4.69) is 18.4 Å². The maximum atomic E-state index is 5.64. The van der Waals surface area contributed by atoms with E-state index in [1.165, 1.54) is 5.56 Å². The summed E-state index contributed by atoms with van der Waals surface area (Å²) >= 11 is 0. The third-order valence-electron chi connectivity index (χ3n) is 3.43. The molecule has 0 spiro atoms. The fourth-order valence-electron chi connectivity index (χ4n) is 1.93. The monoisotopic (exact) mass is 252 g/mol. The molecule has 1 aromatic rings. The summed E-state index contributed by atoms with van der Waals surface area (Å²) in [5, 5.41) is 0. The van der Waals surface area contributed by atoms with Crippen molar-refractivity contribution in [2.45, 2.75) is 38.8 Å². The summed E-state index contributed by atoms with van der Waals surface area (Å²) in [5.41, 5.74) is 4.82. The number of rotatable bonds is 6. The molecule has 1 atom stereocenters. The number of nitrogens with two attached hydrogens (primary N) is 1. The standard InChI is InChI=1S/C14H24N2O2/c1-10-6-7-12(17-4)11(8-10)9-13(16-15)14(2,3)18-5/h6-8,13,16H,9,15H2,1-5H3. The van der Waals surface area contributed by atoms with Gasteiger partial charge in [-0.3, -0.25) is 11.3 Å². The number of nitrogens with one attached hydrogen (secondary N) is 1. The van der Waals surface area contributed by atoms with Crippen LogP contribution < -0.4 is 16.0 Å². The van der Waals surface area contributed by atoms with Crippen LogP contribution in [0.1, 0.15) is 25.0 Å². The Morgan fingerprint density at radius 3 is 2.50 bits per heavy atom. The molecule has 102 valence electrons. The predicted octanol–water partition coefficient (Wildman–Crippen LogP) is 1.80. The van der Waals surface area contributed by atoms with Gasteiger partial charge in [-0.25, -0.2) is 0 Å². The minimum Gasteiger partial charge on any atom is -0.496 e. The summed E-state index contributed by atoms with van der Waals surface area (Å²) in [6.07, 6.45) is 0.752. The summed E-state index contributed by atoms with van der Waals surface area (Å²) in [5.74, 6) is 6.52.